The van der Waals surface area contributed by atoms with Crippen molar-refractivity contribution >= 4 is 48.5 Å². The lowest BCUT2D eigenvalue weighted by Crippen LogP contribution is -2.10. The monoisotopic (exact) mass is 460 g/mol. The minimum atomic E-state index is -0.341. The fourth-order valence-electron chi connectivity index (χ4n) is 2.81. The normalized spacial score (nSPS) is 11.1. The Morgan fingerprint density at radius 3 is 2.86 bits per heavy atom. The largest absolute Gasteiger partial charge is 0.497 e. The Morgan fingerprint density at radius 2 is 2.14 bits per heavy atom. The summed E-state index contributed by atoms with van der Waals surface area (Å²) in [5, 5.41) is 7.75. The number of carbonyl (C=O) groups is 1. The first-order chi connectivity index (χ1) is 13.4. The van der Waals surface area contributed by atoms with Crippen molar-refractivity contribution in [2.24, 2.45) is 0 Å². The van der Waals surface area contributed by atoms with Crippen LogP contribution in [0.5, 0.6) is 5.75 Å². The lowest BCUT2D eigenvalue weighted by Gasteiger charge is -2.02. The summed E-state index contributed by atoms with van der Waals surface area (Å²) < 4.78 is 14.7. The number of aryl methyl sites for hydroxylation is 1. The fraction of sp³-hybridized carbons (Fsp3) is 0.211. The predicted octanol–water partition coefficient (Wildman–Crippen LogP) is 4.77. The number of furan rings is 1. The highest BCUT2D eigenvalue weighted by molar-refractivity contribution is 9.10. The Hall–Kier alpha value is -2.65. The van der Waals surface area contributed by atoms with Crippen molar-refractivity contribution in [3.8, 4) is 5.75 Å². The van der Waals surface area contributed by atoms with Gasteiger partial charge in [-0.15, -0.1) is 0 Å². The lowest BCUT2D eigenvalue weighted by atomic mass is 10.3. The molecule has 0 fully saturated rings. The van der Waals surface area contributed by atoms with Gasteiger partial charge in [0.05, 0.1) is 39.7 Å². The van der Waals surface area contributed by atoms with Gasteiger partial charge in [0.2, 0.25) is 0 Å². The highest BCUT2D eigenvalue weighted by Gasteiger charge is 2.16. The summed E-state index contributed by atoms with van der Waals surface area (Å²) in [5.41, 5.74) is 2.72. The molecule has 3 aromatic heterocycles. The van der Waals surface area contributed by atoms with E-state index in [1.165, 1.54) is 11.3 Å². The van der Waals surface area contributed by atoms with Gasteiger partial charge in [0, 0.05) is 0 Å². The van der Waals surface area contributed by atoms with E-state index in [0.29, 0.717) is 17.4 Å². The first-order valence-electron chi connectivity index (χ1n) is 8.48. The summed E-state index contributed by atoms with van der Waals surface area (Å²) >= 11 is 4.89. The Kier molecular flexibility index (Phi) is 4.94. The molecule has 0 radical (unpaired) electrons. The van der Waals surface area contributed by atoms with E-state index in [1.807, 2.05) is 36.7 Å². The molecule has 7 nitrogen and oxygen atoms in total. The number of hydrogen-bond donors (Lipinski definition) is 1. The second kappa shape index (κ2) is 7.40. The van der Waals surface area contributed by atoms with Crippen LogP contribution in [0, 0.1) is 13.8 Å². The van der Waals surface area contributed by atoms with E-state index >= 15 is 0 Å². The summed E-state index contributed by atoms with van der Waals surface area (Å²) in [6.45, 7) is 4.36. The van der Waals surface area contributed by atoms with Gasteiger partial charge in [-0.05, 0) is 60.1 Å². The molecule has 0 spiro atoms. The molecule has 0 saturated carbocycles. The zero-order chi connectivity index (χ0) is 19.8. The van der Waals surface area contributed by atoms with Crippen molar-refractivity contribution in [3.05, 3.63) is 57.7 Å². The molecule has 1 N–H and O–H groups in total. The second-order valence-electron chi connectivity index (χ2n) is 6.22. The Morgan fingerprint density at radius 1 is 1.32 bits per heavy atom. The van der Waals surface area contributed by atoms with Gasteiger partial charge in [-0.2, -0.15) is 5.10 Å². The smallest absolute Gasteiger partial charge is 0.293 e. The number of rotatable bonds is 5. The zero-order valence-electron chi connectivity index (χ0n) is 15.4. The molecule has 0 aliphatic carbocycles. The maximum Gasteiger partial charge on any atom is 0.293 e. The van der Waals surface area contributed by atoms with Crippen molar-refractivity contribution in [1.82, 2.24) is 14.8 Å². The van der Waals surface area contributed by atoms with Crippen LogP contribution in [-0.4, -0.2) is 27.8 Å². The van der Waals surface area contributed by atoms with E-state index in [2.05, 4.69) is 31.3 Å². The molecule has 0 aliphatic rings. The molecule has 0 bridgehead atoms. The molecule has 1 amide bonds. The fourth-order valence-corrected chi connectivity index (χ4v) is 3.98. The van der Waals surface area contributed by atoms with E-state index in [-0.39, 0.29) is 11.7 Å². The van der Waals surface area contributed by atoms with E-state index in [4.69, 9.17) is 9.15 Å². The summed E-state index contributed by atoms with van der Waals surface area (Å²) in [4.78, 5) is 16.9. The average Bonchev–Trinajstić information content (AvgIpc) is 3.36. The molecular formula is C19H17BrN4O3S. The highest BCUT2D eigenvalue weighted by atomic mass is 79.9. The van der Waals surface area contributed by atoms with Crippen molar-refractivity contribution < 1.29 is 13.9 Å². The van der Waals surface area contributed by atoms with Crippen LogP contribution in [0.25, 0.3) is 10.2 Å². The number of fused-ring (bicyclic) bond motifs is 1. The maximum atomic E-state index is 12.5. The molecule has 9 heteroatoms. The van der Waals surface area contributed by atoms with Gasteiger partial charge in [0.25, 0.3) is 5.91 Å². The van der Waals surface area contributed by atoms with Crippen molar-refractivity contribution in [2.45, 2.75) is 20.4 Å². The topological polar surface area (TPSA) is 82.2 Å². The van der Waals surface area contributed by atoms with Crippen LogP contribution in [0.4, 0.5) is 5.13 Å². The van der Waals surface area contributed by atoms with Gasteiger partial charge in [0.1, 0.15) is 11.5 Å². The Balaban J connectivity index is 1.49. The van der Waals surface area contributed by atoms with Gasteiger partial charge in [0.15, 0.2) is 10.9 Å². The maximum absolute atomic E-state index is 12.5. The molecule has 4 aromatic rings. The molecule has 3 heterocycles. The van der Waals surface area contributed by atoms with Gasteiger partial charge >= 0.3 is 0 Å². The highest BCUT2D eigenvalue weighted by Crippen LogP contribution is 2.29. The number of ether oxygens (including phenoxy) is 1. The number of nitrogens with one attached hydrogen (secondary N) is 1. The lowest BCUT2D eigenvalue weighted by molar-refractivity contribution is 0.0994. The summed E-state index contributed by atoms with van der Waals surface area (Å²) in [5.74, 6) is 1.29. The first-order valence-corrected chi connectivity index (χ1v) is 10.1. The molecule has 28 heavy (non-hydrogen) atoms. The van der Waals surface area contributed by atoms with Gasteiger partial charge < -0.3 is 9.15 Å². The summed E-state index contributed by atoms with van der Waals surface area (Å²) in [6.07, 6.45) is 0. The van der Waals surface area contributed by atoms with Crippen LogP contribution < -0.4 is 10.1 Å². The van der Waals surface area contributed by atoms with Gasteiger partial charge in [-0.25, -0.2) is 4.98 Å². The number of benzene rings is 1. The molecule has 0 unspecified atom stereocenters. The van der Waals surface area contributed by atoms with Gasteiger partial charge in [-0.3, -0.25) is 14.8 Å². The number of amides is 1. The quantitative estimate of drug-likeness (QED) is 0.463. The average molecular weight is 461 g/mol. The van der Waals surface area contributed by atoms with E-state index in [9.17, 15) is 4.79 Å². The molecular weight excluding hydrogens is 444 g/mol. The molecule has 0 aliphatic heterocycles. The number of nitrogens with zero attached hydrogens (tertiary/aromatic N) is 3. The second-order valence-corrected chi connectivity index (χ2v) is 8.04. The Bertz CT molecular complexity index is 1180. The molecule has 1 aromatic carbocycles. The van der Waals surface area contributed by atoms with E-state index in [0.717, 1.165) is 31.8 Å². The number of hydrogen-bond acceptors (Lipinski definition) is 6. The third-order valence-electron chi connectivity index (χ3n) is 4.30. The number of aromatic nitrogens is 3. The Labute approximate surface area is 173 Å². The van der Waals surface area contributed by atoms with Gasteiger partial charge in [-0.1, -0.05) is 11.3 Å². The third-order valence-corrected chi connectivity index (χ3v) is 6.38. The van der Waals surface area contributed by atoms with Crippen LogP contribution in [-0.2, 0) is 6.54 Å². The zero-order valence-corrected chi connectivity index (χ0v) is 17.8. The number of carbonyl (C=O) groups excluding carboxylic acids is 1. The SMILES string of the molecule is COc1ccc2nc(NC(=O)c3ccc(Cn4nc(C)c(Br)c4C)o3)sc2c1. The number of halogens is 1. The minimum Gasteiger partial charge on any atom is -0.497 e. The molecule has 144 valence electrons. The summed E-state index contributed by atoms with van der Waals surface area (Å²) in [6, 6.07) is 9.02. The van der Waals surface area contributed by atoms with Crippen LogP contribution in [0.1, 0.15) is 27.7 Å². The van der Waals surface area contributed by atoms with E-state index in [1.54, 1.807) is 19.2 Å². The number of methoxy groups -OCH3 is 1. The number of thiazole rings is 1. The van der Waals surface area contributed by atoms with Crippen LogP contribution >= 0.6 is 27.3 Å². The standard InChI is InChI=1S/C19H17BrN4O3S/c1-10-17(20)11(2)24(23-10)9-13-5-7-15(27-13)18(25)22-19-21-14-6-4-12(26-3)8-16(14)28-19/h4-8H,9H2,1-3H3,(H,21,22,25). The summed E-state index contributed by atoms with van der Waals surface area (Å²) in [7, 11) is 1.62. The van der Waals surface area contributed by atoms with Crippen LogP contribution in [0.15, 0.2) is 39.2 Å². The van der Waals surface area contributed by atoms with Crippen LogP contribution in [0.2, 0.25) is 0 Å². The molecule has 4 rings (SSSR count). The minimum absolute atomic E-state index is 0.229. The third kappa shape index (κ3) is 3.55. The van der Waals surface area contributed by atoms with Crippen molar-refractivity contribution in [1.29, 1.82) is 0 Å². The van der Waals surface area contributed by atoms with E-state index < -0.39 is 0 Å². The van der Waals surface area contributed by atoms with Crippen molar-refractivity contribution in [2.75, 3.05) is 12.4 Å². The van der Waals surface area contributed by atoms with Crippen LogP contribution in [0.3, 0.4) is 0 Å². The number of anilines is 1. The predicted molar refractivity (Wildman–Crippen MR) is 111 cm³/mol. The molecule has 0 saturated heterocycles. The molecule has 0 atom stereocenters. The van der Waals surface area contributed by atoms with Crippen molar-refractivity contribution in [3.63, 3.8) is 0 Å². The first kappa shape index (κ1) is 18.7.